The van der Waals surface area contributed by atoms with Crippen molar-refractivity contribution in [2.75, 3.05) is 5.32 Å². The van der Waals surface area contributed by atoms with E-state index >= 15 is 0 Å². The summed E-state index contributed by atoms with van der Waals surface area (Å²) < 4.78 is 1.31. The molecule has 0 spiro atoms. The first kappa shape index (κ1) is 14.5. The Hall–Kier alpha value is -0.910. The summed E-state index contributed by atoms with van der Waals surface area (Å²) in [6, 6.07) is 7.15. The predicted octanol–water partition coefficient (Wildman–Crippen LogP) is 4.82. The summed E-state index contributed by atoms with van der Waals surface area (Å²) in [5, 5.41) is 3.23. The van der Waals surface area contributed by atoms with E-state index in [0.29, 0.717) is 20.9 Å². The van der Waals surface area contributed by atoms with Gasteiger partial charge in [-0.05, 0) is 56.5 Å². The monoisotopic (exact) mass is 402 g/mol. The number of anilines is 1. The molecule has 6 heteroatoms. The lowest BCUT2D eigenvalue weighted by Crippen LogP contribution is -2.13. The maximum atomic E-state index is 12.2. The molecule has 0 bridgehead atoms. The van der Waals surface area contributed by atoms with Crippen LogP contribution in [0, 0.1) is 6.92 Å². The standard InChI is InChI=1S/C13H9Br2ClN2O/c1-7-3-2-4-9(11(7)14)13(19)18-10-5-8(16)6-17-12(10)15/h2-6H,1H3,(H,18,19). The molecule has 0 aliphatic heterocycles. The molecule has 1 aromatic heterocycles. The highest BCUT2D eigenvalue weighted by molar-refractivity contribution is 9.10. The summed E-state index contributed by atoms with van der Waals surface area (Å²) in [5.41, 5.74) is 2.09. The van der Waals surface area contributed by atoms with Gasteiger partial charge in [0, 0.05) is 10.7 Å². The van der Waals surface area contributed by atoms with Crippen LogP contribution in [0.1, 0.15) is 15.9 Å². The van der Waals surface area contributed by atoms with E-state index < -0.39 is 0 Å². The fourth-order valence-corrected chi connectivity index (χ4v) is 2.44. The molecule has 0 radical (unpaired) electrons. The zero-order valence-electron chi connectivity index (χ0n) is 9.88. The van der Waals surface area contributed by atoms with Crippen LogP contribution in [0.15, 0.2) is 39.5 Å². The molecule has 0 aliphatic carbocycles. The average Bonchev–Trinajstić information content (AvgIpc) is 2.37. The van der Waals surface area contributed by atoms with E-state index in [1.807, 2.05) is 19.1 Å². The average molecular weight is 404 g/mol. The molecule has 3 nitrogen and oxygen atoms in total. The van der Waals surface area contributed by atoms with Gasteiger partial charge in [0.05, 0.1) is 16.3 Å². The molecule has 1 N–H and O–H groups in total. The summed E-state index contributed by atoms with van der Waals surface area (Å²) in [4.78, 5) is 16.2. The van der Waals surface area contributed by atoms with Crippen LogP contribution in [-0.4, -0.2) is 10.9 Å². The molecular weight excluding hydrogens is 395 g/mol. The maximum Gasteiger partial charge on any atom is 0.256 e. The Kier molecular flexibility index (Phi) is 4.60. The third kappa shape index (κ3) is 3.35. The molecule has 19 heavy (non-hydrogen) atoms. The van der Waals surface area contributed by atoms with Gasteiger partial charge in [0.25, 0.3) is 5.91 Å². The summed E-state index contributed by atoms with van der Waals surface area (Å²) in [6.07, 6.45) is 1.50. The van der Waals surface area contributed by atoms with Gasteiger partial charge in [-0.2, -0.15) is 0 Å². The van der Waals surface area contributed by atoms with Crippen LogP contribution in [-0.2, 0) is 0 Å². The fraction of sp³-hybridized carbons (Fsp3) is 0.0769. The number of rotatable bonds is 2. The molecule has 0 atom stereocenters. The van der Waals surface area contributed by atoms with Crippen molar-refractivity contribution >= 4 is 55.1 Å². The minimum atomic E-state index is -0.222. The number of halogens is 3. The summed E-state index contributed by atoms with van der Waals surface area (Å²) in [5.74, 6) is -0.222. The predicted molar refractivity (Wildman–Crippen MR) is 83.8 cm³/mol. The van der Waals surface area contributed by atoms with Crippen LogP contribution in [0.25, 0.3) is 0 Å². The first-order chi connectivity index (χ1) is 8.99. The van der Waals surface area contributed by atoms with Crippen molar-refractivity contribution in [2.45, 2.75) is 6.92 Å². The van der Waals surface area contributed by atoms with Crippen molar-refractivity contribution in [3.63, 3.8) is 0 Å². The summed E-state index contributed by atoms with van der Waals surface area (Å²) in [6.45, 7) is 1.93. The zero-order chi connectivity index (χ0) is 14.0. The van der Waals surface area contributed by atoms with Gasteiger partial charge in [-0.1, -0.05) is 23.7 Å². The van der Waals surface area contributed by atoms with Crippen molar-refractivity contribution < 1.29 is 4.79 Å². The molecular formula is C13H9Br2ClN2O. The van der Waals surface area contributed by atoms with Gasteiger partial charge in [-0.3, -0.25) is 4.79 Å². The molecule has 1 heterocycles. The Morgan fingerprint density at radius 3 is 2.84 bits per heavy atom. The van der Waals surface area contributed by atoms with Gasteiger partial charge < -0.3 is 5.32 Å². The van der Waals surface area contributed by atoms with Gasteiger partial charge in [0.2, 0.25) is 0 Å². The van der Waals surface area contributed by atoms with Crippen LogP contribution in [0.3, 0.4) is 0 Å². The highest BCUT2D eigenvalue weighted by Crippen LogP contribution is 2.26. The van der Waals surface area contributed by atoms with Crippen LogP contribution in [0.4, 0.5) is 5.69 Å². The topological polar surface area (TPSA) is 42.0 Å². The number of carbonyl (C=O) groups excluding carboxylic acids is 1. The maximum absolute atomic E-state index is 12.2. The number of hydrogen-bond donors (Lipinski definition) is 1. The van der Waals surface area contributed by atoms with Crippen molar-refractivity contribution in [1.82, 2.24) is 4.98 Å². The first-order valence-electron chi connectivity index (χ1n) is 5.36. The molecule has 2 aromatic rings. The number of nitrogens with zero attached hydrogens (tertiary/aromatic N) is 1. The van der Waals surface area contributed by atoms with Gasteiger partial charge in [-0.25, -0.2) is 4.98 Å². The number of amides is 1. The Bertz CT molecular complexity index is 647. The Labute approximate surface area is 132 Å². The summed E-state index contributed by atoms with van der Waals surface area (Å²) >= 11 is 12.5. The third-order valence-corrected chi connectivity index (χ3v) is 4.38. The molecule has 0 unspecified atom stereocenters. The molecule has 0 saturated heterocycles. The highest BCUT2D eigenvalue weighted by Gasteiger charge is 2.13. The van der Waals surface area contributed by atoms with Gasteiger partial charge in [0.15, 0.2) is 0 Å². The van der Waals surface area contributed by atoms with Crippen molar-refractivity contribution in [3.8, 4) is 0 Å². The second-order valence-corrected chi connectivity index (χ2v) is 5.86. The van der Waals surface area contributed by atoms with Crippen molar-refractivity contribution in [2.24, 2.45) is 0 Å². The van der Waals surface area contributed by atoms with Crippen LogP contribution < -0.4 is 5.32 Å². The van der Waals surface area contributed by atoms with E-state index in [-0.39, 0.29) is 5.91 Å². The van der Waals surface area contributed by atoms with E-state index in [1.54, 1.807) is 12.1 Å². The van der Waals surface area contributed by atoms with E-state index in [9.17, 15) is 4.79 Å². The number of nitrogens with one attached hydrogen (secondary N) is 1. The Morgan fingerprint density at radius 2 is 2.11 bits per heavy atom. The Morgan fingerprint density at radius 1 is 1.37 bits per heavy atom. The van der Waals surface area contributed by atoms with Crippen molar-refractivity contribution in [1.29, 1.82) is 0 Å². The molecule has 98 valence electrons. The number of aryl methyl sites for hydroxylation is 1. The fourth-order valence-electron chi connectivity index (χ4n) is 1.52. The number of hydrogen-bond acceptors (Lipinski definition) is 2. The molecule has 1 amide bonds. The van der Waals surface area contributed by atoms with E-state index in [2.05, 4.69) is 42.2 Å². The van der Waals surface area contributed by atoms with E-state index in [4.69, 9.17) is 11.6 Å². The minimum Gasteiger partial charge on any atom is -0.320 e. The van der Waals surface area contributed by atoms with Crippen LogP contribution >= 0.6 is 43.5 Å². The van der Waals surface area contributed by atoms with E-state index in [1.165, 1.54) is 6.20 Å². The van der Waals surface area contributed by atoms with Gasteiger partial charge in [-0.15, -0.1) is 0 Å². The Balaban J connectivity index is 2.31. The van der Waals surface area contributed by atoms with E-state index in [0.717, 1.165) is 10.0 Å². The molecule has 1 aromatic carbocycles. The minimum absolute atomic E-state index is 0.222. The smallest absolute Gasteiger partial charge is 0.256 e. The first-order valence-corrected chi connectivity index (χ1v) is 7.33. The highest BCUT2D eigenvalue weighted by atomic mass is 79.9. The number of pyridine rings is 1. The molecule has 0 saturated carbocycles. The zero-order valence-corrected chi connectivity index (χ0v) is 13.8. The molecule has 0 fully saturated rings. The van der Waals surface area contributed by atoms with Gasteiger partial charge in [0.1, 0.15) is 4.60 Å². The quantitative estimate of drug-likeness (QED) is 0.729. The number of carbonyl (C=O) groups is 1. The van der Waals surface area contributed by atoms with Gasteiger partial charge >= 0.3 is 0 Å². The van der Waals surface area contributed by atoms with Crippen LogP contribution in [0.5, 0.6) is 0 Å². The lowest BCUT2D eigenvalue weighted by Gasteiger charge is -2.09. The third-order valence-electron chi connectivity index (χ3n) is 2.49. The number of benzene rings is 1. The normalized spacial score (nSPS) is 10.3. The van der Waals surface area contributed by atoms with Crippen molar-refractivity contribution in [3.05, 3.63) is 55.7 Å². The summed E-state index contributed by atoms with van der Waals surface area (Å²) in [7, 11) is 0. The molecule has 2 rings (SSSR count). The second-order valence-electron chi connectivity index (χ2n) is 3.88. The SMILES string of the molecule is Cc1cccc(C(=O)Nc2cc(Cl)cnc2Br)c1Br. The lowest BCUT2D eigenvalue weighted by molar-refractivity contribution is 0.102. The number of aromatic nitrogens is 1. The van der Waals surface area contributed by atoms with Crippen LogP contribution in [0.2, 0.25) is 5.02 Å². The second kappa shape index (κ2) is 6.03. The lowest BCUT2D eigenvalue weighted by atomic mass is 10.1. The molecule has 0 aliphatic rings. The largest absolute Gasteiger partial charge is 0.320 e.